The van der Waals surface area contributed by atoms with E-state index < -0.39 is 17.0 Å². The van der Waals surface area contributed by atoms with Gasteiger partial charge in [-0.25, -0.2) is 9.07 Å². The van der Waals surface area contributed by atoms with Gasteiger partial charge >= 0.3 is 0 Å². The number of benzene rings is 2. The van der Waals surface area contributed by atoms with Gasteiger partial charge in [0.05, 0.1) is 30.0 Å². The minimum absolute atomic E-state index is 0.166. The van der Waals surface area contributed by atoms with E-state index in [0.29, 0.717) is 26.3 Å². The second-order valence-electron chi connectivity index (χ2n) is 7.40. The summed E-state index contributed by atoms with van der Waals surface area (Å²) >= 11 is 0. The summed E-state index contributed by atoms with van der Waals surface area (Å²) in [4.78, 5) is 39.6. The van der Waals surface area contributed by atoms with Crippen molar-refractivity contribution < 1.29 is 13.9 Å². The molecular formula is C22H23FN4O4. The van der Waals surface area contributed by atoms with Crippen molar-refractivity contribution in [1.82, 2.24) is 20.0 Å². The highest BCUT2D eigenvalue weighted by molar-refractivity contribution is 5.81. The second kappa shape index (κ2) is 9.23. The van der Waals surface area contributed by atoms with Crippen molar-refractivity contribution in [3.63, 3.8) is 0 Å². The van der Waals surface area contributed by atoms with Crippen LogP contribution in [0.4, 0.5) is 4.39 Å². The van der Waals surface area contributed by atoms with Crippen LogP contribution in [0.2, 0.25) is 0 Å². The fraction of sp³-hybridized carbons (Fsp3) is 0.318. The number of aromatic amines is 1. The van der Waals surface area contributed by atoms with E-state index in [4.69, 9.17) is 4.74 Å². The topological polar surface area (TPSA) is 96.4 Å². The molecule has 0 unspecified atom stereocenters. The number of morpholine rings is 1. The summed E-state index contributed by atoms with van der Waals surface area (Å²) in [5, 5.41) is 5.84. The van der Waals surface area contributed by atoms with Crippen molar-refractivity contribution in [1.29, 1.82) is 0 Å². The number of H-pyrrole nitrogens is 1. The van der Waals surface area contributed by atoms with E-state index in [1.165, 1.54) is 12.1 Å². The molecule has 3 aromatic rings. The molecule has 0 radical (unpaired) electrons. The zero-order valence-corrected chi connectivity index (χ0v) is 16.8. The highest BCUT2D eigenvalue weighted by Gasteiger charge is 2.23. The van der Waals surface area contributed by atoms with Crippen LogP contribution in [0.15, 0.2) is 58.1 Å². The highest BCUT2D eigenvalue weighted by Crippen LogP contribution is 2.21. The first-order valence-electron chi connectivity index (χ1n) is 10.1. The van der Waals surface area contributed by atoms with Gasteiger partial charge in [0.15, 0.2) is 0 Å². The Balaban J connectivity index is 1.50. The Bertz CT molecular complexity index is 1180. The number of nitrogens with zero attached hydrogens (tertiary/aromatic N) is 2. The second-order valence-corrected chi connectivity index (χ2v) is 7.40. The van der Waals surface area contributed by atoms with Gasteiger partial charge in [-0.3, -0.25) is 24.4 Å². The molecule has 31 heavy (non-hydrogen) atoms. The van der Waals surface area contributed by atoms with E-state index in [9.17, 15) is 18.8 Å². The van der Waals surface area contributed by atoms with E-state index >= 15 is 0 Å². The molecule has 1 atom stereocenters. The van der Waals surface area contributed by atoms with E-state index in [-0.39, 0.29) is 35.7 Å². The van der Waals surface area contributed by atoms with Crippen LogP contribution in [0.3, 0.4) is 0 Å². The molecule has 2 N–H and O–H groups in total. The number of carbonyl (C=O) groups is 1. The van der Waals surface area contributed by atoms with Gasteiger partial charge in [0.1, 0.15) is 12.4 Å². The number of rotatable bonds is 6. The molecule has 2 heterocycles. The zero-order valence-electron chi connectivity index (χ0n) is 16.8. The van der Waals surface area contributed by atoms with Crippen LogP contribution >= 0.6 is 0 Å². The maximum atomic E-state index is 13.4. The molecule has 2 aromatic carbocycles. The third-order valence-corrected chi connectivity index (χ3v) is 5.42. The van der Waals surface area contributed by atoms with Crippen molar-refractivity contribution in [2.24, 2.45) is 0 Å². The number of halogens is 1. The molecule has 1 saturated heterocycles. The Morgan fingerprint density at radius 2 is 1.74 bits per heavy atom. The summed E-state index contributed by atoms with van der Waals surface area (Å²) in [6, 6.07) is 12.5. The Labute approximate surface area is 177 Å². The largest absolute Gasteiger partial charge is 0.379 e. The van der Waals surface area contributed by atoms with Gasteiger partial charge in [-0.15, -0.1) is 0 Å². The first-order chi connectivity index (χ1) is 15.0. The Hall–Kier alpha value is -3.30. The lowest BCUT2D eigenvalue weighted by molar-refractivity contribution is -0.122. The minimum Gasteiger partial charge on any atom is -0.379 e. The maximum absolute atomic E-state index is 13.4. The number of ether oxygens (including phenoxy) is 1. The van der Waals surface area contributed by atoms with Gasteiger partial charge in [0.2, 0.25) is 5.91 Å². The van der Waals surface area contributed by atoms with Gasteiger partial charge in [0.25, 0.3) is 11.1 Å². The molecule has 1 aliphatic heterocycles. The molecule has 162 valence electrons. The Kier molecular flexibility index (Phi) is 6.24. The van der Waals surface area contributed by atoms with Crippen LogP contribution in [0.5, 0.6) is 0 Å². The minimum atomic E-state index is -0.436. The Morgan fingerprint density at radius 1 is 1.06 bits per heavy atom. The molecule has 1 fully saturated rings. The normalized spacial score (nSPS) is 15.6. The lowest BCUT2D eigenvalue weighted by Gasteiger charge is -2.35. The third-order valence-electron chi connectivity index (χ3n) is 5.42. The van der Waals surface area contributed by atoms with Crippen LogP contribution in [0.1, 0.15) is 11.6 Å². The smallest absolute Gasteiger partial charge is 0.273 e. The first kappa shape index (κ1) is 21.0. The van der Waals surface area contributed by atoms with Gasteiger partial charge in [-0.2, -0.15) is 0 Å². The zero-order chi connectivity index (χ0) is 21.8. The summed E-state index contributed by atoms with van der Waals surface area (Å²) < 4.78 is 19.8. The number of hydrogen-bond acceptors (Lipinski definition) is 5. The predicted octanol–water partition coefficient (Wildman–Crippen LogP) is 1.02. The maximum Gasteiger partial charge on any atom is 0.273 e. The van der Waals surface area contributed by atoms with Gasteiger partial charge < -0.3 is 10.1 Å². The van der Waals surface area contributed by atoms with E-state index in [2.05, 4.69) is 15.3 Å². The van der Waals surface area contributed by atoms with Gasteiger partial charge in [-0.05, 0) is 29.8 Å². The molecule has 0 aliphatic carbocycles. The molecule has 0 bridgehead atoms. The molecular weight excluding hydrogens is 403 g/mol. The van der Waals surface area contributed by atoms with Crippen molar-refractivity contribution in [2.45, 2.75) is 12.6 Å². The molecule has 9 heteroatoms. The molecule has 0 saturated carbocycles. The molecule has 1 aromatic heterocycles. The fourth-order valence-corrected chi connectivity index (χ4v) is 3.80. The number of nitrogens with one attached hydrogen (secondary N) is 2. The predicted molar refractivity (Wildman–Crippen MR) is 113 cm³/mol. The first-order valence-corrected chi connectivity index (χ1v) is 10.1. The van der Waals surface area contributed by atoms with Crippen LogP contribution in [0, 0.1) is 5.82 Å². The monoisotopic (exact) mass is 426 g/mol. The average molecular weight is 426 g/mol. The third kappa shape index (κ3) is 4.73. The van der Waals surface area contributed by atoms with Crippen molar-refractivity contribution in [3.05, 3.63) is 80.6 Å². The van der Waals surface area contributed by atoms with Crippen LogP contribution in [-0.4, -0.2) is 53.4 Å². The summed E-state index contributed by atoms with van der Waals surface area (Å²) in [6.45, 7) is 2.51. The average Bonchev–Trinajstić information content (AvgIpc) is 2.79. The van der Waals surface area contributed by atoms with Crippen LogP contribution in [-0.2, 0) is 16.1 Å². The summed E-state index contributed by atoms with van der Waals surface area (Å²) in [7, 11) is 0. The summed E-state index contributed by atoms with van der Waals surface area (Å²) in [6.07, 6.45) is 0. The standard InChI is InChI=1S/C22H23FN4O4/c23-16-7-5-15(6-8-16)19(26-9-11-31-12-10-26)13-24-20(28)14-27-22(30)18-4-2-1-3-17(18)21(29)25-27/h1-8,19H,9-14H2,(H,24,28)(H,25,29)/t19-/m1/s1. The Morgan fingerprint density at radius 3 is 2.45 bits per heavy atom. The SMILES string of the molecule is O=C(Cn1[nH]c(=O)c2ccccc2c1=O)NC[C@H](c1ccc(F)cc1)N1CCOCC1. The van der Waals surface area contributed by atoms with Crippen LogP contribution in [0.25, 0.3) is 10.8 Å². The summed E-state index contributed by atoms with van der Waals surface area (Å²) in [5.41, 5.74) is 0.00833. The number of amides is 1. The number of aromatic nitrogens is 2. The summed E-state index contributed by atoms with van der Waals surface area (Å²) in [5.74, 6) is -0.735. The van der Waals surface area contributed by atoms with Crippen LogP contribution < -0.4 is 16.4 Å². The quantitative estimate of drug-likeness (QED) is 0.614. The fourth-order valence-electron chi connectivity index (χ4n) is 3.80. The molecule has 8 nitrogen and oxygen atoms in total. The highest BCUT2D eigenvalue weighted by atomic mass is 19.1. The number of carbonyl (C=O) groups excluding carboxylic acids is 1. The lowest BCUT2D eigenvalue weighted by atomic mass is 10.0. The van der Waals surface area contributed by atoms with E-state index in [1.807, 2.05) is 0 Å². The van der Waals surface area contributed by atoms with Crippen molar-refractivity contribution in [3.8, 4) is 0 Å². The van der Waals surface area contributed by atoms with Gasteiger partial charge in [0, 0.05) is 19.6 Å². The number of fused-ring (bicyclic) bond motifs is 1. The molecule has 4 rings (SSSR count). The van der Waals surface area contributed by atoms with Crippen molar-refractivity contribution in [2.75, 3.05) is 32.8 Å². The van der Waals surface area contributed by atoms with Crippen molar-refractivity contribution >= 4 is 16.7 Å². The lowest BCUT2D eigenvalue weighted by Crippen LogP contribution is -2.45. The molecule has 0 spiro atoms. The molecule has 1 amide bonds. The van der Waals surface area contributed by atoms with Gasteiger partial charge in [-0.1, -0.05) is 24.3 Å². The number of hydrogen-bond donors (Lipinski definition) is 2. The van der Waals surface area contributed by atoms with E-state index in [1.54, 1.807) is 36.4 Å². The molecule has 1 aliphatic rings. The van der Waals surface area contributed by atoms with E-state index in [0.717, 1.165) is 10.2 Å².